The summed E-state index contributed by atoms with van der Waals surface area (Å²) in [5.74, 6) is -2.21. The lowest BCUT2D eigenvalue weighted by Crippen LogP contribution is -2.98. The summed E-state index contributed by atoms with van der Waals surface area (Å²) in [6.45, 7) is 2.10. The van der Waals surface area contributed by atoms with Gasteiger partial charge in [-0.15, -0.1) is 11.3 Å². The summed E-state index contributed by atoms with van der Waals surface area (Å²) >= 11 is 1.54. The molecule has 4 rings (SSSR count). The summed E-state index contributed by atoms with van der Waals surface area (Å²) < 4.78 is 5.19. The number of benzene rings is 1. The Labute approximate surface area is 167 Å². The maximum absolute atomic E-state index is 13.3. The molecule has 2 aliphatic heterocycles. The van der Waals surface area contributed by atoms with Crippen molar-refractivity contribution in [3.63, 3.8) is 0 Å². The number of imide groups is 1. The first kappa shape index (κ1) is 18.8. The van der Waals surface area contributed by atoms with Crippen LogP contribution in [-0.4, -0.2) is 41.9 Å². The number of carbonyl (C=O) groups excluding carboxylic acids is 3. The van der Waals surface area contributed by atoms with Crippen LogP contribution in [0.2, 0.25) is 0 Å². The molecule has 2 aliphatic rings. The van der Waals surface area contributed by atoms with E-state index in [1.54, 1.807) is 18.3 Å². The summed E-state index contributed by atoms with van der Waals surface area (Å²) in [5, 5.41) is 3.86. The van der Waals surface area contributed by atoms with Crippen molar-refractivity contribution >= 4 is 29.1 Å². The average Bonchev–Trinajstić information content (AvgIpc) is 3.40. The Bertz CT molecular complexity index is 898. The molecule has 0 saturated carbocycles. The monoisotopic (exact) mass is 399 g/mol. The van der Waals surface area contributed by atoms with Crippen LogP contribution in [0.1, 0.15) is 23.4 Å². The van der Waals surface area contributed by atoms with Gasteiger partial charge in [0, 0.05) is 13.0 Å². The first-order valence-corrected chi connectivity index (χ1v) is 10.3. The fourth-order valence-electron chi connectivity index (χ4n) is 4.79. The molecule has 1 aromatic heterocycles. The molecule has 2 saturated heterocycles. The number of likely N-dealkylation sites (tertiary alicyclic amines) is 1. The smallest absolute Gasteiger partial charge is 0.369 e. The van der Waals surface area contributed by atoms with Crippen LogP contribution >= 0.6 is 11.3 Å². The fraction of sp³-hybridized carbons (Fsp3) is 0.381. The average molecular weight is 399 g/mol. The topological polar surface area (TPSA) is 80.3 Å². The van der Waals surface area contributed by atoms with Crippen LogP contribution in [0.5, 0.6) is 0 Å². The van der Waals surface area contributed by atoms with E-state index < -0.39 is 23.3 Å². The highest BCUT2D eigenvalue weighted by atomic mass is 32.1. The summed E-state index contributed by atoms with van der Waals surface area (Å²) in [6.07, 6.45) is 0.333. The first-order valence-electron chi connectivity index (χ1n) is 9.40. The molecule has 2 fully saturated rings. The third kappa shape index (κ3) is 2.69. The number of amides is 2. The van der Waals surface area contributed by atoms with Crippen LogP contribution in [0.4, 0.5) is 0 Å². The van der Waals surface area contributed by atoms with Crippen LogP contribution in [0.25, 0.3) is 0 Å². The minimum absolute atomic E-state index is 0.189. The van der Waals surface area contributed by atoms with Crippen LogP contribution in [0.3, 0.4) is 0 Å². The van der Waals surface area contributed by atoms with E-state index in [1.165, 1.54) is 12.0 Å². The Balaban J connectivity index is 1.86. The number of hydrogen-bond acceptors (Lipinski definition) is 5. The molecule has 0 radical (unpaired) electrons. The Morgan fingerprint density at radius 3 is 2.54 bits per heavy atom. The van der Waals surface area contributed by atoms with Crippen LogP contribution in [0, 0.1) is 11.8 Å². The molecule has 3 heterocycles. The molecule has 0 bridgehead atoms. The van der Waals surface area contributed by atoms with E-state index in [9.17, 15) is 14.4 Å². The Morgan fingerprint density at radius 1 is 1.18 bits per heavy atom. The van der Waals surface area contributed by atoms with Crippen molar-refractivity contribution in [3.05, 3.63) is 58.3 Å². The van der Waals surface area contributed by atoms with E-state index in [-0.39, 0.29) is 17.9 Å². The van der Waals surface area contributed by atoms with E-state index >= 15 is 0 Å². The van der Waals surface area contributed by atoms with Crippen molar-refractivity contribution in [2.45, 2.75) is 24.9 Å². The highest BCUT2D eigenvalue weighted by Gasteiger charge is 2.72. The molecule has 1 aromatic carbocycles. The van der Waals surface area contributed by atoms with Gasteiger partial charge in [-0.1, -0.05) is 36.4 Å². The van der Waals surface area contributed by atoms with Gasteiger partial charge in [0.05, 0.1) is 12.0 Å². The van der Waals surface area contributed by atoms with Gasteiger partial charge < -0.3 is 10.1 Å². The second-order valence-corrected chi connectivity index (χ2v) is 8.31. The number of ether oxygens (including phenoxy) is 1. The molecule has 4 atom stereocenters. The Morgan fingerprint density at radius 2 is 1.93 bits per heavy atom. The number of quaternary nitrogens is 1. The van der Waals surface area contributed by atoms with Gasteiger partial charge in [0.25, 0.3) is 0 Å². The van der Waals surface area contributed by atoms with E-state index in [4.69, 9.17) is 4.74 Å². The van der Waals surface area contributed by atoms with Gasteiger partial charge in [-0.3, -0.25) is 14.5 Å². The number of rotatable bonds is 5. The van der Waals surface area contributed by atoms with Gasteiger partial charge >= 0.3 is 5.97 Å². The number of esters is 1. The molecule has 2 aromatic rings. The maximum Gasteiger partial charge on any atom is 0.369 e. The number of fused-ring (bicyclic) bond motifs is 1. The zero-order valence-electron chi connectivity index (χ0n) is 15.8. The van der Waals surface area contributed by atoms with Crippen LogP contribution in [0.15, 0.2) is 47.8 Å². The maximum atomic E-state index is 13.3. The van der Waals surface area contributed by atoms with Crippen molar-refractivity contribution in [1.29, 1.82) is 0 Å². The van der Waals surface area contributed by atoms with Crippen molar-refractivity contribution in [3.8, 4) is 0 Å². The first-order chi connectivity index (χ1) is 13.5. The van der Waals surface area contributed by atoms with Crippen LogP contribution < -0.4 is 5.32 Å². The van der Waals surface area contributed by atoms with Crippen molar-refractivity contribution in [2.24, 2.45) is 11.8 Å². The highest BCUT2D eigenvalue weighted by Crippen LogP contribution is 2.46. The van der Waals surface area contributed by atoms with Crippen molar-refractivity contribution in [2.75, 3.05) is 13.7 Å². The molecule has 6 nitrogen and oxygen atoms in total. The van der Waals surface area contributed by atoms with Gasteiger partial charge in [0.2, 0.25) is 17.4 Å². The van der Waals surface area contributed by atoms with Gasteiger partial charge in [-0.25, -0.2) is 4.79 Å². The van der Waals surface area contributed by atoms with E-state index in [0.717, 1.165) is 10.4 Å². The largest absolute Gasteiger partial charge is 0.464 e. The molecule has 0 aliphatic carbocycles. The van der Waals surface area contributed by atoms with E-state index in [0.29, 0.717) is 13.0 Å². The summed E-state index contributed by atoms with van der Waals surface area (Å²) in [7, 11) is 1.34. The lowest BCUT2D eigenvalue weighted by molar-refractivity contribution is -0.733. The molecule has 146 valence electrons. The van der Waals surface area contributed by atoms with Gasteiger partial charge in [-0.2, -0.15) is 0 Å². The standard InChI is InChI=1S/C21H22N2O4S/c1-3-23-18(24)15-16(19(23)25)21(20(26)27-2,12-13-8-5-4-6-9-13)22-17(15)14-10-7-11-28-14/h4-11,15-17,22H,3,12H2,1-2H3/p+1/t15-,16-,17+,21+/m0/s1. The molecule has 7 heteroatoms. The minimum Gasteiger partial charge on any atom is -0.464 e. The number of hydrogen-bond donors (Lipinski definition) is 1. The Kier molecular flexibility index (Phi) is 4.81. The molecular weight excluding hydrogens is 376 g/mol. The molecule has 2 N–H and O–H groups in total. The van der Waals surface area contributed by atoms with Gasteiger partial charge in [-0.05, 0) is 23.9 Å². The Hall–Kier alpha value is -2.51. The van der Waals surface area contributed by atoms with Crippen LogP contribution in [-0.2, 0) is 25.5 Å². The zero-order chi connectivity index (χ0) is 19.9. The van der Waals surface area contributed by atoms with E-state index in [2.05, 4.69) is 0 Å². The zero-order valence-corrected chi connectivity index (χ0v) is 16.6. The SMILES string of the molecule is CCN1C(=O)[C@@H]2[C@@H](c3cccs3)[NH2+][C@@](Cc3ccccc3)(C(=O)OC)[C@@H]2C1=O. The fourth-order valence-corrected chi connectivity index (χ4v) is 5.64. The van der Waals surface area contributed by atoms with Gasteiger partial charge in [0.1, 0.15) is 17.9 Å². The van der Waals surface area contributed by atoms with Gasteiger partial charge in [0.15, 0.2) is 0 Å². The lowest BCUT2D eigenvalue weighted by atomic mass is 9.76. The van der Waals surface area contributed by atoms with Crippen molar-refractivity contribution in [1.82, 2.24) is 4.90 Å². The molecule has 0 unspecified atom stereocenters. The lowest BCUT2D eigenvalue weighted by Gasteiger charge is -2.29. The normalized spacial score (nSPS) is 29.2. The molecule has 28 heavy (non-hydrogen) atoms. The summed E-state index contributed by atoms with van der Waals surface area (Å²) in [5.41, 5.74) is -0.226. The molecule has 0 spiro atoms. The highest BCUT2D eigenvalue weighted by molar-refractivity contribution is 7.10. The molecule has 2 amide bonds. The number of methoxy groups -OCH3 is 1. The third-order valence-corrected chi connectivity index (χ3v) is 6.93. The third-order valence-electron chi connectivity index (χ3n) is 5.95. The number of thiophene rings is 1. The number of nitrogens with two attached hydrogens (primary N) is 1. The minimum atomic E-state index is -1.16. The predicted molar refractivity (Wildman–Crippen MR) is 103 cm³/mol. The summed E-state index contributed by atoms with van der Waals surface area (Å²) in [6, 6.07) is 13.2. The molecular formula is C21H23N2O4S+. The summed E-state index contributed by atoms with van der Waals surface area (Å²) in [4.78, 5) is 41.8. The van der Waals surface area contributed by atoms with Crippen molar-refractivity contribution < 1.29 is 24.4 Å². The predicted octanol–water partition coefficient (Wildman–Crippen LogP) is 1.14. The number of carbonyl (C=O) groups is 3. The quantitative estimate of drug-likeness (QED) is 0.604. The second-order valence-electron chi connectivity index (χ2n) is 7.33. The number of nitrogens with zero attached hydrogens (tertiary/aromatic N) is 1. The second kappa shape index (κ2) is 7.14. The van der Waals surface area contributed by atoms with E-state index in [1.807, 2.05) is 53.2 Å².